The maximum Gasteiger partial charge on any atom is 0.251 e. The van der Waals surface area contributed by atoms with Crippen molar-refractivity contribution in [3.63, 3.8) is 0 Å². The van der Waals surface area contributed by atoms with Crippen molar-refractivity contribution in [2.45, 2.75) is 25.8 Å². The van der Waals surface area contributed by atoms with E-state index in [2.05, 4.69) is 16.0 Å². The highest BCUT2D eigenvalue weighted by Gasteiger charge is 2.23. The number of carbonyl (C=O) groups excluding carboxylic acids is 3. The molecule has 2 aromatic rings. The van der Waals surface area contributed by atoms with Gasteiger partial charge in [-0.2, -0.15) is 0 Å². The summed E-state index contributed by atoms with van der Waals surface area (Å²) in [5, 5.41) is 8.50. The minimum absolute atomic E-state index is 0.0874. The highest BCUT2D eigenvalue weighted by molar-refractivity contribution is 8.00. The van der Waals surface area contributed by atoms with Crippen LogP contribution in [0.15, 0.2) is 48.5 Å². The van der Waals surface area contributed by atoms with E-state index in [1.54, 1.807) is 24.3 Å². The summed E-state index contributed by atoms with van der Waals surface area (Å²) in [7, 11) is 0. The molecule has 1 saturated carbocycles. The smallest absolute Gasteiger partial charge is 0.251 e. The molecule has 1 fully saturated rings. The normalized spacial score (nSPS) is 12.9. The number of benzene rings is 2. The molecule has 7 heteroatoms. The van der Waals surface area contributed by atoms with Gasteiger partial charge in [-0.3, -0.25) is 14.4 Å². The van der Waals surface area contributed by atoms with Gasteiger partial charge in [-0.1, -0.05) is 12.1 Å². The van der Waals surface area contributed by atoms with Gasteiger partial charge in [-0.15, -0.1) is 11.8 Å². The van der Waals surface area contributed by atoms with Crippen LogP contribution in [0.2, 0.25) is 0 Å². The summed E-state index contributed by atoms with van der Waals surface area (Å²) in [5.74, 6) is -0.0548. The molecule has 146 valence electrons. The van der Waals surface area contributed by atoms with Crippen LogP contribution in [0.5, 0.6) is 0 Å². The molecular weight excluding hydrogens is 374 g/mol. The summed E-state index contributed by atoms with van der Waals surface area (Å²) in [6.45, 7) is 1.96. The van der Waals surface area contributed by atoms with Crippen molar-refractivity contribution in [2.24, 2.45) is 0 Å². The van der Waals surface area contributed by atoms with Gasteiger partial charge >= 0.3 is 0 Å². The highest BCUT2D eigenvalue weighted by atomic mass is 32.2. The molecule has 0 unspecified atom stereocenters. The van der Waals surface area contributed by atoms with Crippen LogP contribution in [0.4, 0.5) is 11.4 Å². The Morgan fingerprint density at radius 3 is 2.18 bits per heavy atom. The molecule has 1 aliphatic rings. The Hall–Kier alpha value is -2.80. The zero-order valence-corrected chi connectivity index (χ0v) is 16.5. The number of nitrogens with one attached hydrogen (secondary N) is 3. The van der Waals surface area contributed by atoms with E-state index in [4.69, 9.17) is 0 Å². The Labute approximate surface area is 168 Å². The first-order valence-electron chi connectivity index (χ1n) is 9.14. The van der Waals surface area contributed by atoms with Gasteiger partial charge in [0.15, 0.2) is 0 Å². The third-order valence-corrected chi connectivity index (χ3v) is 5.04. The Morgan fingerprint density at radius 2 is 1.57 bits per heavy atom. The second kappa shape index (κ2) is 9.41. The minimum atomic E-state index is -0.191. The Balaban J connectivity index is 1.37. The molecule has 0 atom stereocenters. The van der Waals surface area contributed by atoms with Crippen LogP contribution >= 0.6 is 11.8 Å². The van der Waals surface area contributed by atoms with Gasteiger partial charge in [-0.25, -0.2) is 0 Å². The van der Waals surface area contributed by atoms with Crippen LogP contribution in [0, 0.1) is 6.92 Å². The monoisotopic (exact) mass is 397 g/mol. The molecule has 3 N–H and O–H groups in total. The fraction of sp³-hybridized carbons (Fsp3) is 0.286. The number of thioether (sulfide) groups is 1. The summed E-state index contributed by atoms with van der Waals surface area (Å²) >= 11 is 1.25. The molecule has 0 heterocycles. The van der Waals surface area contributed by atoms with E-state index in [-0.39, 0.29) is 29.2 Å². The van der Waals surface area contributed by atoms with Gasteiger partial charge in [0.05, 0.1) is 11.5 Å². The van der Waals surface area contributed by atoms with Crippen molar-refractivity contribution < 1.29 is 14.4 Å². The Kier molecular flexibility index (Phi) is 6.71. The number of aryl methyl sites for hydroxylation is 1. The second-order valence-corrected chi connectivity index (χ2v) is 7.77. The third-order valence-electron chi connectivity index (χ3n) is 4.11. The highest BCUT2D eigenvalue weighted by Crippen LogP contribution is 2.19. The average molecular weight is 398 g/mol. The predicted octanol–water partition coefficient (Wildman–Crippen LogP) is 3.20. The summed E-state index contributed by atoms with van der Waals surface area (Å²) in [5.41, 5.74) is 3.02. The van der Waals surface area contributed by atoms with E-state index < -0.39 is 0 Å². The lowest BCUT2D eigenvalue weighted by molar-refractivity contribution is -0.114. The molecule has 3 rings (SSSR count). The zero-order chi connectivity index (χ0) is 19.9. The van der Waals surface area contributed by atoms with Crippen molar-refractivity contribution in [1.82, 2.24) is 5.32 Å². The first kappa shape index (κ1) is 19.9. The van der Waals surface area contributed by atoms with Crippen LogP contribution in [0.3, 0.4) is 0 Å². The van der Waals surface area contributed by atoms with E-state index in [0.717, 1.165) is 24.1 Å². The SMILES string of the molecule is Cc1cccc(NC(=O)CSCC(=O)Nc2ccc(C(=O)NC3CC3)cc2)c1. The molecule has 0 aliphatic heterocycles. The molecule has 0 aromatic heterocycles. The van der Waals surface area contributed by atoms with Crippen LogP contribution in [0.25, 0.3) is 0 Å². The molecule has 3 amide bonds. The topological polar surface area (TPSA) is 87.3 Å². The van der Waals surface area contributed by atoms with E-state index in [1.165, 1.54) is 11.8 Å². The van der Waals surface area contributed by atoms with Gasteiger partial charge in [0, 0.05) is 23.0 Å². The van der Waals surface area contributed by atoms with Gasteiger partial charge in [0.25, 0.3) is 5.91 Å². The standard InChI is InChI=1S/C21H23N3O3S/c1-14-3-2-4-18(11-14)23-20(26)13-28-12-19(25)22-16-7-5-15(6-8-16)21(27)24-17-9-10-17/h2-8,11,17H,9-10,12-13H2,1H3,(H,22,25)(H,23,26)(H,24,27). The lowest BCUT2D eigenvalue weighted by Gasteiger charge is -2.08. The fourth-order valence-corrected chi connectivity index (χ4v) is 3.17. The van der Waals surface area contributed by atoms with Gasteiger partial charge < -0.3 is 16.0 Å². The quantitative estimate of drug-likeness (QED) is 0.638. The first-order valence-corrected chi connectivity index (χ1v) is 10.3. The number of hydrogen-bond donors (Lipinski definition) is 3. The van der Waals surface area contributed by atoms with E-state index >= 15 is 0 Å². The average Bonchev–Trinajstić information content (AvgIpc) is 3.46. The van der Waals surface area contributed by atoms with Gasteiger partial charge in [-0.05, 0) is 61.7 Å². The number of hydrogen-bond acceptors (Lipinski definition) is 4. The largest absolute Gasteiger partial charge is 0.349 e. The molecular formula is C21H23N3O3S. The number of rotatable bonds is 8. The Bertz CT molecular complexity index is 863. The molecule has 6 nitrogen and oxygen atoms in total. The van der Waals surface area contributed by atoms with E-state index in [1.807, 2.05) is 31.2 Å². The lowest BCUT2D eigenvalue weighted by atomic mass is 10.2. The maximum atomic E-state index is 12.0. The third kappa shape index (κ3) is 6.42. The summed E-state index contributed by atoms with van der Waals surface area (Å²) in [6, 6.07) is 14.7. The van der Waals surface area contributed by atoms with Crippen LogP contribution in [-0.4, -0.2) is 35.3 Å². The fourth-order valence-electron chi connectivity index (χ4n) is 2.55. The molecule has 28 heavy (non-hydrogen) atoms. The summed E-state index contributed by atoms with van der Waals surface area (Å²) in [6.07, 6.45) is 2.08. The van der Waals surface area contributed by atoms with Crippen molar-refractivity contribution in [1.29, 1.82) is 0 Å². The molecule has 0 spiro atoms. The summed E-state index contributed by atoms with van der Waals surface area (Å²) in [4.78, 5) is 35.9. The Morgan fingerprint density at radius 1 is 0.929 bits per heavy atom. The molecule has 0 bridgehead atoms. The van der Waals surface area contributed by atoms with Gasteiger partial charge in [0.2, 0.25) is 11.8 Å². The number of carbonyl (C=O) groups is 3. The van der Waals surface area contributed by atoms with Crippen LogP contribution < -0.4 is 16.0 Å². The van der Waals surface area contributed by atoms with E-state index in [0.29, 0.717) is 17.3 Å². The van der Waals surface area contributed by atoms with Crippen LogP contribution in [-0.2, 0) is 9.59 Å². The molecule has 0 saturated heterocycles. The number of anilines is 2. The molecule has 1 aliphatic carbocycles. The first-order chi connectivity index (χ1) is 13.5. The van der Waals surface area contributed by atoms with Crippen molar-refractivity contribution in [3.05, 3.63) is 59.7 Å². The van der Waals surface area contributed by atoms with E-state index in [9.17, 15) is 14.4 Å². The second-order valence-electron chi connectivity index (χ2n) is 6.78. The van der Waals surface area contributed by atoms with Crippen molar-refractivity contribution in [3.8, 4) is 0 Å². The predicted molar refractivity (Wildman–Crippen MR) is 113 cm³/mol. The maximum absolute atomic E-state index is 12.0. The van der Waals surface area contributed by atoms with Crippen LogP contribution in [0.1, 0.15) is 28.8 Å². The van der Waals surface area contributed by atoms with Crippen molar-refractivity contribution >= 4 is 40.9 Å². The lowest BCUT2D eigenvalue weighted by Crippen LogP contribution is -2.25. The van der Waals surface area contributed by atoms with Gasteiger partial charge in [0.1, 0.15) is 0 Å². The number of amides is 3. The molecule has 0 radical (unpaired) electrons. The molecule has 2 aromatic carbocycles. The zero-order valence-electron chi connectivity index (χ0n) is 15.7. The summed E-state index contributed by atoms with van der Waals surface area (Å²) < 4.78 is 0. The van der Waals surface area contributed by atoms with Crippen molar-refractivity contribution in [2.75, 3.05) is 22.1 Å². The minimum Gasteiger partial charge on any atom is -0.349 e.